The molecule has 1 saturated carbocycles. The molecular formula is C28H34N6O5. The molecular weight excluding hydrogens is 500 g/mol. The summed E-state index contributed by atoms with van der Waals surface area (Å²) in [5.74, 6) is 1.46. The van der Waals surface area contributed by atoms with Gasteiger partial charge in [-0.3, -0.25) is 9.59 Å². The van der Waals surface area contributed by atoms with Crippen molar-refractivity contribution >= 4 is 28.4 Å². The zero-order valence-corrected chi connectivity index (χ0v) is 22.3. The number of morpholine rings is 1. The van der Waals surface area contributed by atoms with E-state index < -0.39 is 0 Å². The Hall–Kier alpha value is -3.99. The fourth-order valence-corrected chi connectivity index (χ4v) is 4.71. The van der Waals surface area contributed by atoms with Gasteiger partial charge in [-0.1, -0.05) is 18.2 Å². The van der Waals surface area contributed by atoms with Crippen molar-refractivity contribution in [3.05, 3.63) is 48.5 Å². The number of benzene rings is 1. The third kappa shape index (κ3) is 6.72. The van der Waals surface area contributed by atoms with Crippen LogP contribution in [0.5, 0.6) is 11.6 Å². The highest BCUT2D eigenvalue weighted by Gasteiger charge is 2.26. The Labute approximate surface area is 227 Å². The third-order valence-corrected chi connectivity index (χ3v) is 7.01. The van der Waals surface area contributed by atoms with Gasteiger partial charge in [-0.2, -0.15) is 4.98 Å². The van der Waals surface area contributed by atoms with Gasteiger partial charge in [0.15, 0.2) is 12.4 Å². The summed E-state index contributed by atoms with van der Waals surface area (Å²) in [5.41, 5.74) is 0. The summed E-state index contributed by atoms with van der Waals surface area (Å²) in [7, 11) is 3.30. The molecule has 11 nitrogen and oxygen atoms in total. The third-order valence-electron chi connectivity index (χ3n) is 7.01. The maximum atomic E-state index is 12.7. The molecule has 2 aliphatic rings. The van der Waals surface area contributed by atoms with Gasteiger partial charge in [-0.25, -0.2) is 9.97 Å². The quantitative estimate of drug-likeness (QED) is 0.465. The second-order valence-corrected chi connectivity index (χ2v) is 9.99. The van der Waals surface area contributed by atoms with Crippen LogP contribution in [0.4, 0.5) is 5.82 Å². The van der Waals surface area contributed by atoms with Gasteiger partial charge in [0.1, 0.15) is 11.9 Å². The van der Waals surface area contributed by atoms with Crippen molar-refractivity contribution < 1.29 is 23.8 Å². The Morgan fingerprint density at radius 2 is 1.79 bits per heavy atom. The van der Waals surface area contributed by atoms with E-state index in [2.05, 4.69) is 32.3 Å². The molecule has 2 fully saturated rings. The number of hydrogen-bond acceptors (Lipinski definition) is 9. The van der Waals surface area contributed by atoms with Gasteiger partial charge < -0.3 is 29.3 Å². The number of carbonyl (C=O) groups is 2. The number of hydrogen-bond donors (Lipinski definition) is 1. The molecule has 5 rings (SSSR count). The zero-order chi connectivity index (χ0) is 27.2. The molecule has 1 saturated heterocycles. The SMILES string of the molecule is CN(C)C(=O)COc1cnc(C(=O)N[C@H]2CC[C@@H](Oc3nc(N4CCOCC4)cc4ccccc34)CC2)nc1. The minimum Gasteiger partial charge on any atom is -0.481 e. The molecule has 3 aromatic rings. The van der Waals surface area contributed by atoms with Gasteiger partial charge in [-0.05, 0) is 43.2 Å². The summed E-state index contributed by atoms with van der Waals surface area (Å²) in [5, 5.41) is 5.13. The lowest BCUT2D eigenvalue weighted by Gasteiger charge is -2.31. The maximum absolute atomic E-state index is 12.7. The topological polar surface area (TPSA) is 119 Å². The van der Waals surface area contributed by atoms with Crippen molar-refractivity contribution in [3.63, 3.8) is 0 Å². The Morgan fingerprint density at radius 1 is 1.08 bits per heavy atom. The van der Waals surface area contributed by atoms with E-state index in [4.69, 9.17) is 19.2 Å². The number of carbonyl (C=O) groups excluding carboxylic acids is 2. The summed E-state index contributed by atoms with van der Waals surface area (Å²) in [6, 6.07) is 10.3. The first-order valence-corrected chi connectivity index (χ1v) is 13.3. The summed E-state index contributed by atoms with van der Waals surface area (Å²) in [6.45, 7) is 2.90. The number of pyridine rings is 1. The van der Waals surface area contributed by atoms with E-state index in [-0.39, 0.29) is 36.4 Å². The van der Waals surface area contributed by atoms with Crippen LogP contribution in [-0.2, 0) is 9.53 Å². The monoisotopic (exact) mass is 534 g/mol. The summed E-state index contributed by atoms with van der Waals surface area (Å²) in [4.78, 5) is 41.1. The minimum absolute atomic E-state index is 0.0129. The Kier molecular flexibility index (Phi) is 8.36. The van der Waals surface area contributed by atoms with E-state index >= 15 is 0 Å². The first-order chi connectivity index (χ1) is 19.0. The van der Waals surface area contributed by atoms with Crippen molar-refractivity contribution in [2.24, 2.45) is 0 Å². The molecule has 39 heavy (non-hydrogen) atoms. The van der Waals surface area contributed by atoms with E-state index in [1.165, 1.54) is 17.3 Å². The van der Waals surface area contributed by atoms with Gasteiger partial charge >= 0.3 is 0 Å². The second-order valence-electron chi connectivity index (χ2n) is 9.99. The molecule has 2 amide bonds. The van der Waals surface area contributed by atoms with Crippen molar-refractivity contribution in [1.29, 1.82) is 0 Å². The molecule has 0 unspecified atom stereocenters. The highest BCUT2D eigenvalue weighted by atomic mass is 16.5. The molecule has 0 spiro atoms. The normalized spacial score (nSPS) is 19.4. The average molecular weight is 535 g/mol. The van der Waals surface area contributed by atoms with Crippen LogP contribution in [0.15, 0.2) is 42.7 Å². The lowest BCUT2D eigenvalue weighted by Crippen LogP contribution is -2.40. The highest BCUT2D eigenvalue weighted by Crippen LogP contribution is 2.31. The molecule has 0 atom stereocenters. The van der Waals surface area contributed by atoms with Crippen LogP contribution in [0.3, 0.4) is 0 Å². The van der Waals surface area contributed by atoms with E-state index in [0.29, 0.717) is 24.8 Å². The molecule has 1 N–H and O–H groups in total. The number of nitrogens with one attached hydrogen (secondary N) is 1. The van der Waals surface area contributed by atoms with E-state index in [1.54, 1.807) is 14.1 Å². The summed E-state index contributed by atoms with van der Waals surface area (Å²) in [6.07, 6.45) is 5.99. The Bertz CT molecular complexity index is 1290. The van der Waals surface area contributed by atoms with Crippen molar-refractivity contribution in [1.82, 2.24) is 25.2 Å². The van der Waals surface area contributed by atoms with Crippen molar-refractivity contribution in [2.45, 2.75) is 37.8 Å². The lowest BCUT2D eigenvalue weighted by atomic mass is 9.93. The molecule has 206 valence electrons. The lowest BCUT2D eigenvalue weighted by molar-refractivity contribution is -0.130. The summed E-state index contributed by atoms with van der Waals surface area (Å²) < 4.78 is 17.3. The fourth-order valence-electron chi connectivity index (χ4n) is 4.71. The number of likely N-dealkylation sites (N-methyl/N-ethyl adjacent to an activating group) is 1. The number of ether oxygens (including phenoxy) is 3. The average Bonchev–Trinajstić information content (AvgIpc) is 2.97. The number of amides is 2. The van der Waals surface area contributed by atoms with Gasteiger partial charge in [0, 0.05) is 38.6 Å². The largest absolute Gasteiger partial charge is 0.481 e. The molecule has 0 radical (unpaired) electrons. The van der Waals surface area contributed by atoms with Crippen LogP contribution in [0.2, 0.25) is 0 Å². The first-order valence-electron chi connectivity index (χ1n) is 13.3. The number of fused-ring (bicyclic) bond motifs is 1. The zero-order valence-electron chi connectivity index (χ0n) is 22.3. The van der Waals surface area contributed by atoms with Gasteiger partial charge in [0.05, 0.1) is 25.6 Å². The molecule has 0 bridgehead atoms. The number of rotatable bonds is 8. The van der Waals surface area contributed by atoms with Gasteiger partial charge in [0.2, 0.25) is 11.7 Å². The highest BCUT2D eigenvalue weighted by molar-refractivity contribution is 5.90. The van der Waals surface area contributed by atoms with Crippen molar-refractivity contribution in [2.75, 3.05) is 51.9 Å². The smallest absolute Gasteiger partial charge is 0.289 e. The van der Waals surface area contributed by atoms with Crippen LogP contribution in [0.1, 0.15) is 36.3 Å². The van der Waals surface area contributed by atoms with Gasteiger partial charge in [0.25, 0.3) is 11.8 Å². The molecule has 1 aromatic carbocycles. The van der Waals surface area contributed by atoms with Crippen LogP contribution >= 0.6 is 0 Å². The van der Waals surface area contributed by atoms with E-state index in [0.717, 1.165) is 55.4 Å². The maximum Gasteiger partial charge on any atom is 0.289 e. The molecule has 3 heterocycles. The summed E-state index contributed by atoms with van der Waals surface area (Å²) >= 11 is 0. The molecule has 11 heteroatoms. The van der Waals surface area contributed by atoms with Crippen LogP contribution in [0, 0.1) is 0 Å². The molecule has 1 aliphatic heterocycles. The number of nitrogens with zero attached hydrogens (tertiary/aromatic N) is 5. The van der Waals surface area contributed by atoms with Crippen LogP contribution < -0.4 is 19.7 Å². The van der Waals surface area contributed by atoms with Crippen molar-refractivity contribution in [3.8, 4) is 11.6 Å². The van der Waals surface area contributed by atoms with Gasteiger partial charge in [-0.15, -0.1) is 0 Å². The minimum atomic E-state index is -0.332. The fraction of sp³-hybridized carbons (Fsp3) is 0.464. The Morgan fingerprint density at radius 3 is 2.51 bits per heavy atom. The molecule has 1 aliphatic carbocycles. The van der Waals surface area contributed by atoms with E-state index in [1.807, 2.05) is 18.2 Å². The van der Waals surface area contributed by atoms with E-state index in [9.17, 15) is 9.59 Å². The van der Waals surface area contributed by atoms with Crippen LogP contribution in [-0.4, -0.2) is 90.8 Å². The number of aromatic nitrogens is 3. The predicted molar refractivity (Wildman–Crippen MR) is 145 cm³/mol. The predicted octanol–water partition coefficient (Wildman–Crippen LogP) is 2.45. The number of anilines is 1. The molecule has 2 aromatic heterocycles. The standard InChI is InChI=1S/C28H34N6O5/c1-33(2)25(35)18-38-22-16-29-26(30-17-22)27(36)31-20-7-9-21(10-8-20)39-28-23-6-4-3-5-19(23)15-24(32-28)34-11-13-37-14-12-34/h3-6,15-17,20-21H,7-14,18H2,1-2H3,(H,31,36)/t20-,21+. The second kappa shape index (κ2) is 12.2. The Balaban J connectivity index is 1.15. The van der Waals surface area contributed by atoms with Crippen LogP contribution in [0.25, 0.3) is 10.8 Å². The first kappa shape index (κ1) is 26.6.